The van der Waals surface area contributed by atoms with E-state index in [1.54, 1.807) is 0 Å². The first kappa shape index (κ1) is 9.52. The van der Waals surface area contributed by atoms with Crippen LogP contribution in [0.5, 0.6) is 0 Å². The quantitative estimate of drug-likeness (QED) is 0.602. The maximum atomic E-state index is 11.3. The van der Waals surface area contributed by atoms with Crippen LogP contribution >= 0.6 is 0 Å². The molecule has 0 saturated heterocycles. The van der Waals surface area contributed by atoms with Gasteiger partial charge in [0, 0.05) is 0 Å². The molecule has 0 aliphatic heterocycles. The fourth-order valence-corrected chi connectivity index (χ4v) is 1.88. The van der Waals surface area contributed by atoms with E-state index in [1.165, 1.54) is 7.11 Å². The third-order valence-electron chi connectivity index (χ3n) is 2.63. The van der Waals surface area contributed by atoms with Crippen LogP contribution in [0.2, 0.25) is 0 Å². The molecule has 3 nitrogen and oxygen atoms in total. The third kappa shape index (κ3) is 1.78. The van der Waals surface area contributed by atoms with E-state index in [2.05, 4.69) is 0 Å². The highest BCUT2D eigenvalue weighted by atomic mass is 16.5. The van der Waals surface area contributed by atoms with Gasteiger partial charge in [0.15, 0.2) is 0 Å². The van der Waals surface area contributed by atoms with Crippen LogP contribution in [0.25, 0.3) is 0 Å². The second-order valence-corrected chi connectivity index (χ2v) is 3.80. The summed E-state index contributed by atoms with van der Waals surface area (Å²) in [5, 5.41) is 9.38. The molecule has 1 saturated carbocycles. The van der Waals surface area contributed by atoms with Gasteiger partial charge in [0.2, 0.25) is 0 Å². The fourth-order valence-electron chi connectivity index (χ4n) is 1.88. The number of rotatable bonds is 1. The van der Waals surface area contributed by atoms with Gasteiger partial charge in [-0.3, -0.25) is 4.79 Å². The van der Waals surface area contributed by atoms with E-state index < -0.39 is 5.41 Å². The second kappa shape index (κ2) is 3.44. The van der Waals surface area contributed by atoms with Crippen LogP contribution in [-0.4, -0.2) is 24.3 Å². The predicted molar refractivity (Wildman–Crippen MR) is 44.6 cm³/mol. The number of carbonyl (C=O) groups is 1. The smallest absolute Gasteiger partial charge is 0.311 e. The van der Waals surface area contributed by atoms with Crippen molar-refractivity contribution in [2.45, 2.75) is 38.7 Å². The molecule has 70 valence electrons. The molecule has 0 radical (unpaired) electrons. The Balaban J connectivity index is 2.63. The second-order valence-electron chi connectivity index (χ2n) is 3.80. The molecule has 1 aliphatic carbocycles. The minimum Gasteiger partial charge on any atom is -0.469 e. The molecule has 2 atom stereocenters. The van der Waals surface area contributed by atoms with Crippen LogP contribution in [0, 0.1) is 5.41 Å². The van der Waals surface area contributed by atoms with Crippen molar-refractivity contribution in [3.05, 3.63) is 0 Å². The molecule has 0 aromatic heterocycles. The van der Waals surface area contributed by atoms with Crippen molar-refractivity contribution < 1.29 is 14.6 Å². The van der Waals surface area contributed by atoms with Gasteiger partial charge in [-0.15, -0.1) is 0 Å². The van der Waals surface area contributed by atoms with E-state index in [-0.39, 0.29) is 12.1 Å². The zero-order valence-corrected chi connectivity index (χ0v) is 7.67. The number of methoxy groups -OCH3 is 1. The fraction of sp³-hybridized carbons (Fsp3) is 0.889. The summed E-state index contributed by atoms with van der Waals surface area (Å²) in [5.41, 5.74) is -0.452. The Bertz CT molecular complexity index is 179. The topological polar surface area (TPSA) is 46.5 Å². The summed E-state index contributed by atoms with van der Waals surface area (Å²) in [7, 11) is 1.40. The molecule has 0 spiro atoms. The maximum absolute atomic E-state index is 11.3. The molecule has 1 rings (SSSR count). The minimum absolute atomic E-state index is 0.193. The number of aliphatic hydroxyl groups excluding tert-OH is 1. The van der Waals surface area contributed by atoms with Gasteiger partial charge in [-0.1, -0.05) is 0 Å². The maximum Gasteiger partial charge on any atom is 0.311 e. The first-order valence-electron chi connectivity index (χ1n) is 4.35. The van der Waals surface area contributed by atoms with Crippen LogP contribution in [0.4, 0.5) is 0 Å². The number of hydrogen-bond acceptors (Lipinski definition) is 3. The van der Waals surface area contributed by atoms with Gasteiger partial charge in [-0.2, -0.15) is 0 Å². The Morgan fingerprint density at radius 3 is 2.83 bits per heavy atom. The highest BCUT2D eigenvalue weighted by molar-refractivity contribution is 5.76. The molecule has 0 aromatic rings. The molecule has 0 unspecified atom stereocenters. The predicted octanol–water partition coefficient (Wildman–Crippen LogP) is 1.10. The van der Waals surface area contributed by atoms with Crippen molar-refractivity contribution in [1.82, 2.24) is 0 Å². The number of hydrogen-bond donors (Lipinski definition) is 1. The Kier molecular flexibility index (Phi) is 2.73. The molecule has 12 heavy (non-hydrogen) atoms. The third-order valence-corrected chi connectivity index (χ3v) is 2.63. The van der Waals surface area contributed by atoms with E-state index in [0.29, 0.717) is 6.42 Å². The SMILES string of the molecule is COC(=O)[C@]1(C)CCC[C@@H](O)C1. The van der Waals surface area contributed by atoms with Crippen molar-refractivity contribution in [1.29, 1.82) is 0 Å². The molecule has 0 bridgehead atoms. The van der Waals surface area contributed by atoms with Gasteiger partial charge < -0.3 is 9.84 Å². The highest BCUT2D eigenvalue weighted by Gasteiger charge is 2.38. The van der Waals surface area contributed by atoms with Crippen LogP contribution in [0.3, 0.4) is 0 Å². The molecule has 0 amide bonds. The van der Waals surface area contributed by atoms with Gasteiger partial charge in [0.05, 0.1) is 18.6 Å². The monoisotopic (exact) mass is 172 g/mol. The summed E-state index contributed by atoms with van der Waals surface area (Å²) in [6.07, 6.45) is 2.76. The van der Waals surface area contributed by atoms with Gasteiger partial charge in [0.25, 0.3) is 0 Å². The summed E-state index contributed by atoms with van der Waals surface area (Å²) in [4.78, 5) is 11.3. The Morgan fingerprint density at radius 2 is 2.33 bits per heavy atom. The summed E-state index contributed by atoms with van der Waals surface area (Å²) in [5.74, 6) is -0.193. The van der Waals surface area contributed by atoms with E-state index >= 15 is 0 Å². The number of aliphatic hydroxyl groups is 1. The van der Waals surface area contributed by atoms with Gasteiger partial charge in [0.1, 0.15) is 0 Å². The summed E-state index contributed by atoms with van der Waals surface area (Å²) >= 11 is 0. The summed E-state index contributed by atoms with van der Waals surface area (Å²) in [6.45, 7) is 1.86. The zero-order valence-electron chi connectivity index (χ0n) is 7.67. The van der Waals surface area contributed by atoms with E-state index in [1.807, 2.05) is 6.92 Å². The van der Waals surface area contributed by atoms with Gasteiger partial charge in [-0.05, 0) is 32.6 Å². The lowest BCUT2D eigenvalue weighted by atomic mass is 9.74. The molecular weight excluding hydrogens is 156 g/mol. The van der Waals surface area contributed by atoms with Crippen LogP contribution in [-0.2, 0) is 9.53 Å². The van der Waals surface area contributed by atoms with Crippen molar-refractivity contribution in [3.63, 3.8) is 0 Å². The zero-order chi connectivity index (χ0) is 9.19. The number of ether oxygens (including phenoxy) is 1. The summed E-state index contributed by atoms with van der Waals surface area (Å²) in [6, 6.07) is 0. The van der Waals surface area contributed by atoms with Crippen molar-refractivity contribution in [2.24, 2.45) is 5.41 Å². The first-order valence-corrected chi connectivity index (χ1v) is 4.35. The van der Waals surface area contributed by atoms with E-state index in [9.17, 15) is 9.90 Å². The van der Waals surface area contributed by atoms with Crippen molar-refractivity contribution in [2.75, 3.05) is 7.11 Å². The molecule has 1 N–H and O–H groups in total. The van der Waals surface area contributed by atoms with E-state index in [0.717, 1.165) is 19.3 Å². The lowest BCUT2D eigenvalue weighted by Crippen LogP contribution is -2.36. The Hall–Kier alpha value is -0.570. The largest absolute Gasteiger partial charge is 0.469 e. The Morgan fingerprint density at radius 1 is 1.67 bits per heavy atom. The van der Waals surface area contributed by atoms with Crippen LogP contribution in [0.15, 0.2) is 0 Å². The van der Waals surface area contributed by atoms with Gasteiger partial charge in [-0.25, -0.2) is 0 Å². The molecular formula is C9H16O3. The minimum atomic E-state index is -0.452. The average molecular weight is 172 g/mol. The van der Waals surface area contributed by atoms with E-state index in [4.69, 9.17) is 4.74 Å². The lowest BCUT2D eigenvalue weighted by molar-refractivity contribution is -0.156. The normalized spacial score (nSPS) is 36.1. The van der Waals surface area contributed by atoms with Crippen molar-refractivity contribution >= 4 is 5.97 Å². The Labute approximate surface area is 72.7 Å². The molecule has 1 fully saturated rings. The average Bonchev–Trinajstić information content (AvgIpc) is 2.02. The standard InChI is InChI=1S/C9H16O3/c1-9(8(11)12-2)5-3-4-7(10)6-9/h7,10H,3-6H2,1-2H3/t7-,9-/m1/s1. The molecule has 0 heterocycles. The van der Waals surface area contributed by atoms with Crippen LogP contribution in [0.1, 0.15) is 32.6 Å². The highest BCUT2D eigenvalue weighted by Crippen LogP contribution is 2.36. The molecule has 1 aliphatic rings. The summed E-state index contributed by atoms with van der Waals surface area (Å²) < 4.78 is 4.69. The number of carbonyl (C=O) groups excluding carboxylic acids is 1. The van der Waals surface area contributed by atoms with Gasteiger partial charge >= 0.3 is 5.97 Å². The lowest BCUT2D eigenvalue weighted by Gasteiger charge is -2.33. The number of esters is 1. The van der Waals surface area contributed by atoms with Crippen molar-refractivity contribution in [3.8, 4) is 0 Å². The molecule has 3 heteroatoms. The first-order chi connectivity index (χ1) is 5.58. The van der Waals surface area contributed by atoms with Crippen LogP contribution < -0.4 is 0 Å². The molecule has 0 aromatic carbocycles.